The number of aromatic nitrogens is 1. The number of likely N-dealkylation sites (tertiary alicyclic amines) is 1. The van der Waals surface area contributed by atoms with Crippen molar-refractivity contribution in [1.82, 2.24) is 9.88 Å². The lowest BCUT2D eigenvalue weighted by Gasteiger charge is -2.24. The second-order valence-corrected chi connectivity index (χ2v) is 4.80. The van der Waals surface area contributed by atoms with Crippen molar-refractivity contribution in [3.05, 3.63) is 16.6 Å². The fourth-order valence-corrected chi connectivity index (χ4v) is 2.88. The number of nitrogens with zero attached hydrogens (tertiary/aromatic N) is 3. The van der Waals surface area contributed by atoms with Crippen molar-refractivity contribution in [1.29, 1.82) is 5.26 Å². The molecule has 1 amide bonds. The van der Waals surface area contributed by atoms with Crippen LogP contribution in [0.5, 0.6) is 0 Å². The summed E-state index contributed by atoms with van der Waals surface area (Å²) in [7, 11) is 0. The molecule has 1 aromatic heterocycles. The molecule has 0 aromatic carbocycles. The highest BCUT2D eigenvalue weighted by Gasteiger charge is 2.35. The third kappa shape index (κ3) is 1.93. The van der Waals surface area contributed by atoms with Crippen molar-refractivity contribution < 1.29 is 4.79 Å². The van der Waals surface area contributed by atoms with E-state index in [0.29, 0.717) is 13.0 Å². The Labute approximate surface area is 98.5 Å². The Bertz CT molecular complexity index is 409. The van der Waals surface area contributed by atoms with Crippen LogP contribution in [0.3, 0.4) is 0 Å². The second kappa shape index (κ2) is 4.62. The summed E-state index contributed by atoms with van der Waals surface area (Å²) in [6.45, 7) is 2.59. The molecular formula is C11H13N3OS. The Kier molecular flexibility index (Phi) is 3.20. The molecule has 2 heterocycles. The van der Waals surface area contributed by atoms with Crippen molar-refractivity contribution >= 4 is 17.2 Å². The van der Waals surface area contributed by atoms with E-state index in [4.69, 9.17) is 5.26 Å². The van der Waals surface area contributed by atoms with Crippen LogP contribution in [0.1, 0.15) is 30.8 Å². The van der Waals surface area contributed by atoms with Crippen LogP contribution >= 0.6 is 11.3 Å². The summed E-state index contributed by atoms with van der Waals surface area (Å²) in [6, 6.07) is 2.22. The summed E-state index contributed by atoms with van der Waals surface area (Å²) in [4.78, 5) is 17.8. The highest BCUT2D eigenvalue weighted by atomic mass is 32.1. The van der Waals surface area contributed by atoms with Gasteiger partial charge in [-0.25, -0.2) is 4.98 Å². The number of carbonyl (C=O) groups excluding carboxylic acids is 1. The van der Waals surface area contributed by atoms with Gasteiger partial charge in [-0.05, 0) is 6.42 Å². The smallest absolute Gasteiger partial charge is 0.224 e. The zero-order valence-corrected chi connectivity index (χ0v) is 9.91. The first-order valence-electron chi connectivity index (χ1n) is 5.34. The quantitative estimate of drug-likeness (QED) is 0.804. The van der Waals surface area contributed by atoms with E-state index < -0.39 is 0 Å². The molecule has 0 radical (unpaired) electrons. The van der Waals surface area contributed by atoms with Crippen LogP contribution < -0.4 is 0 Å². The highest BCUT2D eigenvalue weighted by Crippen LogP contribution is 2.31. The van der Waals surface area contributed by atoms with Crippen molar-refractivity contribution in [2.24, 2.45) is 5.92 Å². The van der Waals surface area contributed by atoms with Gasteiger partial charge in [0, 0.05) is 24.5 Å². The van der Waals surface area contributed by atoms with Gasteiger partial charge in [0.1, 0.15) is 5.01 Å². The average molecular weight is 235 g/mol. The van der Waals surface area contributed by atoms with E-state index in [2.05, 4.69) is 11.1 Å². The van der Waals surface area contributed by atoms with E-state index in [1.165, 1.54) is 0 Å². The fourth-order valence-electron chi connectivity index (χ4n) is 2.05. The van der Waals surface area contributed by atoms with Crippen LogP contribution in [-0.4, -0.2) is 22.3 Å². The Balaban J connectivity index is 2.17. The van der Waals surface area contributed by atoms with Gasteiger partial charge < -0.3 is 4.90 Å². The molecule has 1 aliphatic rings. The molecule has 1 saturated heterocycles. The Morgan fingerprint density at radius 3 is 3.12 bits per heavy atom. The normalized spacial score (nSPS) is 22.1. The van der Waals surface area contributed by atoms with Gasteiger partial charge >= 0.3 is 0 Å². The summed E-state index contributed by atoms with van der Waals surface area (Å²) >= 11 is 1.57. The zero-order chi connectivity index (χ0) is 11.5. The number of hydrogen-bond donors (Lipinski definition) is 0. The number of amides is 1. The summed E-state index contributed by atoms with van der Waals surface area (Å²) in [5, 5.41) is 11.7. The maximum absolute atomic E-state index is 11.8. The summed E-state index contributed by atoms with van der Waals surface area (Å²) < 4.78 is 0. The first kappa shape index (κ1) is 11.1. The van der Waals surface area contributed by atoms with Crippen LogP contribution in [0.15, 0.2) is 11.6 Å². The predicted octanol–water partition coefficient (Wildman–Crippen LogP) is 1.97. The minimum absolute atomic E-state index is 0.0471. The van der Waals surface area contributed by atoms with Crippen LogP contribution in [0.25, 0.3) is 0 Å². The van der Waals surface area contributed by atoms with Crippen molar-refractivity contribution in [3.8, 4) is 6.07 Å². The minimum atomic E-state index is -0.151. The minimum Gasteiger partial charge on any atom is -0.332 e. The number of rotatable bonds is 3. The fraction of sp³-hybridized carbons (Fsp3) is 0.545. The van der Waals surface area contributed by atoms with Gasteiger partial charge in [0.15, 0.2) is 0 Å². The van der Waals surface area contributed by atoms with Gasteiger partial charge in [-0.3, -0.25) is 4.79 Å². The molecule has 0 aliphatic carbocycles. The molecule has 1 aromatic rings. The Morgan fingerprint density at radius 2 is 2.62 bits per heavy atom. The summed E-state index contributed by atoms with van der Waals surface area (Å²) in [6.07, 6.45) is 2.96. The number of nitriles is 1. The van der Waals surface area contributed by atoms with Crippen LogP contribution in [0, 0.1) is 17.2 Å². The highest BCUT2D eigenvalue weighted by molar-refractivity contribution is 7.09. The van der Waals surface area contributed by atoms with Gasteiger partial charge in [0.25, 0.3) is 0 Å². The number of thiazole rings is 1. The van der Waals surface area contributed by atoms with E-state index in [1.807, 2.05) is 12.3 Å². The largest absolute Gasteiger partial charge is 0.332 e. The second-order valence-electron chi connectivity index (χ2n) is 3.87. The molecule has 1 aliphatic heterocycles. The molecule has 2 atom stereocenters. The molecule has 16 heavy (non-hydrogen) atoms. The maximum Gasteiger partial charge on any atom is 0.224 e. The molecule has 2 rings (SSSR count). The van der Waals surface area contributed by atoms with Crippen molar-refractivity contribution in [2.75, 3.05) is 6.54 Å². The SMILES string of the molecule is CCC(c1nccs1)N1CC(C#N)CC1=O. The Morgan fingerprint density at radius 1 is 1.81 bits per heavy atom. The lowest BCUT2D eigenvalue weighted by molar-refractivity contribution is -0.129. The van der Waals surface area contributed by atoms with Crippen LogP contribution in [0.2, 0.25) is 0 Å². The Hall–Kier alpha value is -1.41. The lowest BCUT2D eigenvalue weighted by Crippen LogP contribution is -2.29. The van der Waals surface area contributed by atoms with E-state index in [9.17, 15) is 4.79 Å². The molecule has 0 spiro atoms. The summed E-state index contributed by atoms with van der Waals surface area (Å²) in [5.41, 5.74) is 0. The lowest BCUT2D eigenvalue weighted by atomic mass is 10.1. The van der Waals surface area contributed by atoms with E-state index >= 15 is 0 Å². The molecule has 2 unspecified atom stereocenters. The first-order chi connectivity index (χ1) is 7.76. The molecule has 0 N–H and O–H groups in total. The van der Waals surface area contributed by atoms with Gasteiger partial charge in [-0.2, -0.15) is 5.26 Å². The van der Waals surface area contributed by atoms with Gasteiger partial charge in [-0.15, -0.1) is 11.3 Å². The molecule has 5 heteroatoms. The third-order valence-corrected chi connectivity index (χ3v) is 3.72. The topological polar surface area (TPSA) is 57.0 Å². The standard InChI is InChI=1S/C11H13N3OS/c1-2-9(11-13-3-4-16-11)14-7-8(6-12)5-10(14)15/h3-4,8-9H,2,5,7H2,1H3. The molecule has 0 bridgehead atoms. The monoisotopic (exact) mass is 235 g/mol. The molecule has 0 saturated carbocycles. The van der Waals surface area contributed by atoms with E-state index in [-0.39, 0.29) is 17.9 Å². The summed E-state index contributed by atoms with van der Waals surface area (Å²) in [5.74, 6) is -0.0740. The van der Waals surface area contributed by atoms with Crippen molar-refractivity contribution in [3.63, 3.8) is 0 Å². The number of carbonyl (C=O) groups is 1. The van der Waals surface area contributed by atoms with E-state index in [0.717, 1.165) is 11.4 Å². The predicted molar refractivity (Wildman–Crippen MR) is 60.6 cm³/mol. The van der Waals surface area contributed by atoms with Gasteiger partial charge in [0.2, 0.25) is 5.91 Å². The van der Waals surface area contributed by atoms with Crippen LogP contribution in [-0.2, 0) is 4.79 Å². The third-order valence-electron chi connectivity index (χ3n) is 2.84. The molecule has 84 valence electrons. The van der Waals surface area contributed by atoms with Crippen molar-refractivity contribution in [2.45, 2.75) is 25.8 Å². The molecule has 4 nitrogen and oxygen atoms in total. The molecular weight excluding hydrogens is 222 g/mol. The first-order valence-corrected chi connectivity index (χ1v) is 6.22. The van der Waals surface area contributed by atoms with Gasteiger partial charge in [-0.1, -0.05) is 6.92 Å². The number of hydrogen-bond acceptors (Lipinski definition) is 4. The van der Waals surface area contributed by atoms with Crippen LogP contribution in [0.4, 0.5) is 0 Å². The van der Waals surface area contributed by atoms with Gasteiger partial charge in [0.05, 0.1) is 18.0 Å². The average Bonchev–Trinajstić information content (AvgIpc) is 2.91. The molecule has 1 fully saturated rings. The van der Waals surface area contributed by atoms with E-state index in [1.54, 1.807) is 22.4 Å². The maximum atomic E-state index is 11.8. The zero-order valence-electron chi connectivity index (χ0n) is 9.09.